The van der Waals surface area contributed by atoms with Crippen molar-refractivity contribution in [3.05, 3.63) is 40.7 Å². The second-order valence-corrected chi connectivity index (χ2v) is 7.99. The standard InChI is InChI=1S/C19H22N4O2S/c24-17(15-8-4-5-10-20-15)22-19-21-14-9-11-23(12-16(14)26-19)18(25)13-6-2-1-3-7-13/h4-5,8,10,13H,1-3,6-7,9,11-12H2,(H,21,22,24). The Morgan fingerprint density at radius 3 is 2.81 bits per heavy atom. The van der Waals surface area contributed by atoms with Crippen molar-refractivity contribution in [2.24, 2.45) is 5.92 Å². The summed E-state index contributed by atoms with van der Waals surface area (Å²) in [6, 6.07) is 5.23. The average molecular weight is 370 g/mol. The Bertz CT molecular complexity index is 799. The molecule has 0 spiro atoms. The SMILES string of the molecule is O=C(Nc1nc2c(s1)CN(C(=O)C1CCCCC1)CC2)c1ccccn1. The van der Waals surface area contributed by atoms with Crippen LogP contribution < -0.4 is 5.32 Å². The van der Waals surface area contributed by atoms with Crippen molar-refractivity contribution in [1.29, 1.82) is 0 Å². The molecule has 3 heterocycles. The summed E-state index contributed by atoms with van der Waals surface area (Å²) in [5.74, 6) is 0.233. The highest BCUT2D eigenvalue weighted by Gasteiger charge is 2.30. The van der Waals surface area contributed by atoms with Crippen LogP contribution in [0.3, 0.4) is 0 Å². The third-order valence-corrected chi connectivity index (χ3v) is 6.11. The van der Waals surface area contributed by atoms with Gasteiger partial charge in [0, 0.05) is 30.0 Å². The molecule has 2 aromatic rings. The summed E-state index contributed by atoms with van der Waals surface area (Å²) in [6.07, 6.45) is 7.98. The molecule has 0 saturated heterocycles. The van der Waals surface area contributed by atoms with Crippen molar-refractivity contribution in [3.8, 4) is 0 Å². The molecule has 6 nitrogen and oxygen atoms in total. The van der Waals surface area contributed by atoms with Crippen LogP contribution in [0.25, 0.3) is 0 Å². The molecule has 4 rings (SSSR count). The molecule has 0 radical (unpaired) electrons. The van der Waals surface area contributed by atoms with Crippen LogP contribution in [0, 0.1) is 5.92 Å². The normalized spacial score (nSPS) is 17.6. The zero-order chi connectivity index (χ0) is 17.9. The van der Waals surface area contributed by atoms with Gasteiger partial charge >= 0.3 is 0 Å². The van der Waals surface area contributed by atoms with E-state index in [0.29, 0.717) is 23.3 Å². The predicted molar refractivity (Wildman–Crippen MR) is 100 cm³/mol. The van der Waals surface area contributed by atoms with Gasteiger partial charge in [0.1, 0.15) is 5.69 Å². The Kier molecular flexibility index (Phi) is 4.97. The van der Waals surface area contributed by atoms with E-state index in [1.165, 1.54) is 30.6 Å². The molecule has 136 valence electrons. The maximum absolute atomic E-state index is 12.8. The fourth-order valence-corrected chi connectivity index (χ4v) is 4.72. The Balaban J connectivity index is 1.42. The van der Waals surface area contributed by atoms with E-state index in [-0.39, 0.29) is 11.8 Å². The first-order valence-corrected chi connectivity index (χ1v) is 10.0. The number of hydrogen-bond donors (Lipinski definition) is 1. The van der Waals surface area contributed by atoms with Gasteiger partial charge < -0.3 is 4.90 Å². The van der Waals surface area contributed by atoms with Crippen molar-refractivity contribution >= 4 is 28.3 Å². The van der Waals surface area contributed by atoms with E-state index in [4.69, 9.17) is 0 Å². The van der Waals surface area contributed by atoms with Gasteiger partial charge in [0.2, 0.25) is 5.91 Å². The first-order chi connectivity index (χ1) is 12.7. The van der Waals surface area contributed by atoms with Gasteiger partial charge in [-0.3, -0.25) is 19.9 Å². The monoisotopic (exact) mass is 370 g/mol. The zero-order valence-corrected chi connectivity index (χ0v) is 15.4. The first kappa shape index (κ1) is 17.1. The van der Waals surface area contributed by atoms with Crippen molar-refractivity contribution in [3.63, 3.8) is 0 Å². The van der Waals surface area contributed by atoms with Crippen LogP contribution in [0.4, 0.5) is 5.13 Å². The Labute approximate surface area is 156 Å². The van der Waals surface area contributed by atoms with Crippen LogP contribution in [-0.2, 0) is 17.8 Å². The molecule has 1 aliphatic heterocycles. The number of carbonyl (C=O) groups excluding carboxylic acids is 2. The summed E-state index contributed by atoms with van der Waals surface area (Å²) in [5.41, 5.74) is 1.37. The summed E-state index contributed by atoms with van der Waals surface area (Å²) < 4.78 is 0. The molecule has 2 aliphatic rings. The number of amides is 2. The van der Waals surface area contributed by atoms with Crippen molar-refractivity contribution < 1.29 is 9.59 Å². The zero-order valence-electron chi connectivity index (χ0n) is 14.6. The fraction of sp³-hybridized carbons (Fsp3) is 0.474. The van der Waals surface area contributed by atoms with E-state index >= 15 is 0 Å². The minimum Gasteiger partial charge on any atom is -0.337 e. The first-order valence-electron chi connectivity index (χ1n) is 9.20. The van der Waals surface area contributed by atoms with Gasteiger partial charge in [0.05, 0.1) is 12.2 Å². The maximum Gasteiger partial charge on any atom is 0.276 e. The molecular weight excluding hydrogens is 348 g/mol. The highest BCUT2D eigenvalue weighted by molar-refractivity contribution is 7.15. The Hall–Kier alpha value is -2.28. The van der Waals surface area contributed by atoms with E-state index in [1.54, 1.807) is 24.4 Å². The quantitative estimate of drug-likeness (QED) is 0.900. The number of pyridine rings is 1. The summed E-state index contributed by atoms with van der Waals surface area (Å²) >= 11 is 1.46. The van der Waals surface area contributed by atoms with Gasteiger partial charge in [-0.15, -0.1) is 0 Å². The van der Waals surface area contributed by atoms with Crippen LogP contribution in [0.15, 0.2) is 24.4 Å². The van der Waals surface area contributed by atoms with Gasteiger partial charge in [0.25, 0.3) is 5.91 Å². The molecule has 0 unspecified atom stereocenters. The topological polar surface area (TPSA) is 75.2 Å². The lowest BCUT2D eigenvalue weighted by Crippen LogP contribution is -2.40. The number of anilines is 1. The van der Waals surface area contributed by atoms with Gasteiger partial charge in [-0.2, -0.15) is 0 Å². The van der Waals surface area contributed by atoms with Gasteiger partial charge in [-0.05, 0) is 25.0 Å². The molecule has 26 heavy (non-hydrogen) atoms. The smallest absolute Gasteiger partial charge is 0.276 e. The highest BCUT2D eigenvalue weighted by Crippen LogP contribution is 2.31. The molecule has 2 aromatic heterocycles. The minimum absolute atomic E-state index is 0.196. The van der Waals surface area contributed by atoms with Gasteiger partial charge in [-0.25, -0.2) is 4.98 Å². The van der Waals surface area contributed by atoms with Crippen LogP contribution in [0.5, 0.6) is 0 Å². The van der Waals surface area contributed by atoms with E-state index in [1.807, 2.05) is 4.90 Å². The largest absolute Gasteiger partial charge is 0.337 e. The van der Waals surface area contributed by atoms with Crippen LogP contribution in [0.2, 0.25) is 0 Å². The lowest BCUT2D eigenvalue weighted by molar-refractivity contribution is -0.137. The molecule has 7 heteroatoms. The lowest BCUT2D eigenvalue weighted by atomic mass is 9.88. The summed E-state index contributed by atoms with van der Waals surface area (Å²) in [6.45, 7) is 1.33. The number of hydrogen-bond acceptors (Lipinski definition) is 5. The summed E-state index contributed by atoms with van der Waals surface area (Å²) in [4.78, 5) is 36.7. The van der Waals surface area contributed by atoms with E-state index < -0.39 is 0 Å². The molecule has 0 aromatic carbocycles. The van der Waals surface area contributed by atoms with Crippen molar-refractivity contribution in [2.45, 2.75) is 45.1 Å². The second kappa shape index (κ2) is 7.53. The Morgan fingerprint density at radius 1 is 1.19 bits per heavy atom. The van der Waals surface area contributed by atoms with E-state index in [0.717, 1.165) is 36.4 Å². The number of aromatic nitrogens is 2. The number of nitrogens with zero attached hydrogens (tertiary/aromatic N) is 3. The number of fused-ring (bicyclic) bond motifs is 1. The minimum atomic E-state index is -0.258. The van der Waals surface area contributed by atoms with E-state index in [9.17, 15) is 9.59 Å². The van der Waals surface area contributed by atoms with Gasteiger partial charge in [-0.1, -0.05) is 36.7 Å². The van der Waals surface area contributed by atoms with Crippen LogP contribution in [0.1, 0.15) is 53.2 Å². The van der Waals surface area contributed by atoms with Crippen molar-refractivity contribution in [1.82, 2.24) is 14.9 Å². The molecule has 0 atom stereocenters. The third kappa shape index (κ3) is 3.62. The van der Waals surface area contributed by atoms with Crippen molar-refractivity contribution in [2.75, 3.05) is 11.9 Å². The number of thiazole rings is 1. The number of rotatable bonds is 3. The fourth-order valence-electron chi connectivity index (χ4n) is 3.70. The lowest BCUT2D eigenvalue weighted by Gasteiger charge is -2.31. The summed E-state index contributed by atoms with van der Waals surface area (Å²) in [5, 5.41) is 3.41. The molecular formula is C19H22N4O2S. The van der Waals surface area contributed by atoms with E-state index in [2.05, 4.69) is 15.3 Å². The molecule has 1 aliphatic carbocycles. The van der Waals surface area contributed by atoms with Gasteiger partial charge in [0.15, 0.2) is 5.13 Å². The third-order valence-electron chi connectivity index (χ3n) is 5.12. The predicted octanol–water partition coefficient (Wildman–Crippen LogP) is 3.26. The number of nitrogens with one attached hydrogen (secondary N) is 1. The molecule has 1 saturated carbocycles. The molecule has 2 amide bonds. The Morgan fingerprint density at radius 2 is 2.04 bits per heavy atom. The number of carbonyl (C=O) groups is 2. The molecule has 1 fully saturated rings. The average Bonchev–Trinajstić information content (AvgIpc) is 3.10. The molecule has 1 N–H and O–H groups in total. The highest BCUT2D eigenvalue weighted by atomic mass is 32.1. The molecule has 0 bridgehead atoms. The van der Waals surface area contributed by atoms with Crippen LogP contribution in [-0.4, -0.2) is 33.2 Å². The summed E-state index contributed by atoms with van der Waals surface area (Å²) in [7, 11) is 0. The van der Waals surface area contributed by atoms with Crippen LogP contribution >= 0.6 is 11.3 Å². The maximum atomic E-state index is 12.8. The second-order valence-electron chi connectivity index (χ2n) is 6.90.